The first-order valence-corrected chi connectivity index (χ1v) is 5.05. The maximum atomic E-state index is 5.70. The van der Waals surface area contributed by atoms with E-state index >= 15 is 0 Å². The van der Waals surface area contributed by atoms with Crippen molar-refractivity contribution in [3.05, 3.63) is 11.9 Å². The summed E-state index contributed by atoms with van der Waals surface area (Å²) >= 11 is 0. The Morgan fingerprint density at radius 3 is 2.92 bits per heavy atom. The van der Waals surface area contributed by atoms with Crippen LogP contribution in [0.5, 0.6) is 0 Å². The van der Waals surface area contributed by atoms with E-state index in [4.69, 9.17) is 5.73 Å². The Hall–Kier alpha value is -0.990. The second-order valence-corrected chi connectivity index (χ2v) is 4.02. The van der Waals surface area contributed by atoms with E-state index in [9.17, 15) is 0 Å². The lowest BCUT2D eigenvalue weighted by molar-refractivity contribution is 0.534. The molecule has 0 amide bonds. The van der Waals surface area contributed by atoms with Crippen molar-refractivity contribution in [3.8, 4) is 0 Å². The van der Waals surface area contributed by atoms with Gasteiger partial charge in [0.2, 0.25) is 0 Å². The van der Waals surface area contributed by atoms with Crippen molar-refractivity contribution in [2.45, 2.75) is 39.2 Å². The van der Waals surface area contributed by atoms with E-state index in [0.29, 0.717) is 0 Å². The summed E-state index contributed by atoms with van der Waals surface area (Å²) in [4.78, 5) is 0. The van der Waals surface area contributed by atoms with Gasteiger partial charge in [0.1, 0.15) is 0 Å². The average Bonchev–Trinajstić information content (AvgIpc) is 2.82. The van der Waals surface area contributed by atoms with Gasteiger partial charge in [0.15, 0.2) is 0 Å². The molecule has 1 saturated carbocycles. The number of nitrogens with zero attached hydrogens (tertiary/aromatic N) is 2. The summed E-state index contributed by atoms with van der Waals surface area (Å²) < 4.78 is 1.97. The molecule has 13 heavy (non-hydrogen) atoms. The summed E-state index contributed by atoms with van der Waals surface area (Å²) in [5.74, 6) is 1.02. The predicted octanol–water partition coefficient (Wildman–Crippen LogP) is 1.96. The molecular formula is C10H17N3. The Kier molecular flexibility index (Phi) is 2.25. The molecule has 0 spiro atoms. The van der Waals surface area contributed by atoms with Gasteiger partial charge in [-0.2, -0.15) is 5.10 Å². The second kappa shape index (κ2) is 3.40. The fourth-order valence-electron chi connectivity index (χ4n) is 1.60. The maximum Gasteiger partial charge on any atom is 0.0822 e. The third-order valence-electron chi connectivity index (χ3n) is 2.68. The summed E-state index contributed by atoms with van der Waals surface area (Å²) in [6.45, 7) is 2.97. The van der Waals surface area contributed by atoms with Crippen LogP contribution in [0.1, 0.15) is 31.4 Å². The standard InChI is InChI=1S/C10H17N3/c1-8-10(11)7-13(12-8)6-2-3-9-4-5-9/h7,9H,2-6,11H2,1H3. The zero-order valence-electron chi connectivity index (χ0n) is 8.16. The number of anilines is 1. The highest BCUT2D eigenvalue weighted by molar-refractivity contribution is 5.39. The van der Waals surface area contributed by atoms with Gasteiger partial charge < -0.3 is 5.73 Å². The number of hydrogen-bond donors (Lipinski definition) is 1. The van der Waals surface area contributed by atoms with Gasteiger partial charge in [-0.3, -0.25) is 4.68 Å². The van der Waals surface area contributed by atoms with Crippen LogP contribution in [0, 0.1) is 12.8 Å². The normalized spacial score (nSPS) is 16.4. The van der Waals surface area contributed by atoms with Crippen LogP contribution in [0.4, 0.5) is 5.69 Å². The summed E-state index contributed by atoms with van der Waals surface area (Å²) in [5, 5.41) is 4.32. The smallest absolute Gasteiger partial charge is 0.0822 e. The quantitative estimate of drug-likeness (QED) is 0.768. The van der Waals surface area contributed by atoms with Crippen LogP contribution >= 0.6 is 0 Å². The minimum Gasteiger partial charge on any atom is -0.396 e. The topological polar surface area (TPSA) is 43.8 Å². The van der Waals surface area contributed by atoms with Crippen LogP contribution < -0.4 is 5.73 Å². The van der Waals surface area contributed by atoms with Crippen LogP contribution in [0.3, 0.4) is 0 Å². The molecule has 1 fully saturated rings. The number of rotatable bonds is 4. The molecule has 2 N–H and O–H groups in total. The predicted molar refractivity (Wildman–Crippen MR) is 53.3 cm³/mol. The van der Waals surface area contributed by atoms with Gasteiger partial charge >= 0.3 is 0 Å². The fourth-order valence-corrected chi connectivity index (χ4v) is 1.60. The molecular weight excluding hydrogens is 162 g/mol. The van der Waals surface area contributed by atoms with Crippen molar-refractivity contribution in [3.63, 3.8) is 0 Å². The first kappa shape index (κ1) is 8.60. The van der Waals surface area contributed by atoms with Crippen LogP contribution in [0.25, 0.3) is 0 Å². The third-order valence-corrected chi connectivity index (χ3v) is 2.68. The van der Waals surface area contributed by atoms with Crippen LogP contribution in [-0.4, -0.2) is 9.78 Å². The van der Waals surface area contributed by atoms with E-state index < -0.39 is 0 Å². The number of hydrogen-bond acceptors (Lipinski definition) is 2. The Morgan fingerprint density at radius 2 is 2.38 bits per heavy atom. The first-order chi connectivity index (χ1) is 6.25. The Labute approximate surface area is 78.9 Å². The van der Waals surface area contributed by atoms with Crippen molar-refractivity contribution >= 4 is 5.69 Å². The molecule has 0 bridgehead atoms. The lowest BCUT2D eigenvalue weighted by Gasteiger charge is -1.99. The van der Waals surface area contributed by atoms with Gasteiger partial charge in [-0.25, -0.2) is 0 Å². The molecule has 0 saturated heterocycles. The van der Waals surface area contributed by atoms with Crippen molar-refractivity contribution in [2.75, 3.05) is 5.73 Å². The number of aryl methyl sites for hydroxylation is 2. The summed E-state index contributed by atoms with van der Waals surface area (Å²) in [7, 11) is 0. The minimum atomic E-state index is 0.812. The fraction of sp³-hybridized carbons (Fsp3) is 0.700. The van der Waals surface area contributed by atoms with Crippen molar-refractivity contribution in [1.29, 1.82) is 0 Å². The molecule has 1 aliphatic rings. The monoisotopic (exact) mass is 179 g/mol. The highest BCUT2D eigenvalue weighted by Gasteiger charge is 2.20. The molecule has 1 aromatic rings. The number of nitrogen functional groups attached to an aromatic ring is 1. The van der Waals surface area contributed by atoms with Gasteiger partial charge in [-0.1, -0.05) is 12.8 Å². The van der Waals surface area contributed by atoms with E-state index in [2.05, 4.69) is 5.10 Å². The molecule has 0 atom stereocenters. The van der Waals surface area contributed by atoms with Crippen LogP contribution in [0.2, 0.25) is 0 Å². The molecule has 3 heteroatoms. The van der Waals surface area contributed by atoms with Gasteiger partial charge in [0.05, 0.1) is 11.4 Å². The summed E-state index contributed by atoms with van der Waals surface area (Å²) in [6, 6.07) is 0. The van der Waals surface area contributed by atoms with E-state index in [1.165, 1.54) is 25.7 Å². The van der Waals surface area contributed by atoms with E-state index in [-0.39, 0.29) is 0 Å². The summed E-state index contributed by atoms with van der Waals surface area (Å²) in [6.07, 6.45) is 7.42. The van der Waals surface area contributed by atoms with Crippen LogP contribution in [0.15, 0.2) is 6.20 Å². The highest BCUT2D eigenvalue weighted by atomic mass is 15.3. The Bertz CT molecular complexity index is 267. The first-order valence-electron chi connectivity index (χ1n) is 5.05. The Morgan fingerprint density at radius 1 is 1.62 bits per heavy atom. The zero-order valence-corrected chi connectivity index (χ0v) is 8.16. The highest BCUT2D eigenvalue weighted by Crippen LogP contribution is 2.33. The van der Waals surface area contributed by atoms with Gasteiger partial charge in [0.25, 0.3) is 0 Å². The van der Waals surface area contributed by atoms with E-state index in [1.807, 2.05) is 17.8 Å². The number of nitrogens with two attached hydrogens (primary N) is 1. The SMILES string of the molecule is Cc1nn(CCCC2CC2)cc1N. The molecule has 1 heterocycles. The molecule has 0 unspecified atom stereocenters. The molecule has 0 aromatic carbocycles. The van der Waals surface area contributed by atoms with Gasteiger partial charge in [0, 0.05) is 12.7 Å². The molecule has 1 aromatic heterocycles. The van der Waals surface area contributed by atoms with Crippen molar-refractivity contribution in [2.24, 2.45) is 5.92 Å². The minimum absolute atomic E-state index is 0.812. The van der Waals surface area contributed by atoms with Crippen molar-refractivity contribution < 1.29 is 0 Å². The maximum absolute atomic E-state index is 5.70. The molecule has 0 aliphatic heterocycles. The molecule has 3 nitrogen and oxygen atoms in total. The third kappa shape index (κ3) is 2.23. The molecule has 2 rings (SSSR count). The lowest BCUT2D eigenvalue weighted by atomic mass is 10.2. The second-order valence-electron chi connectivity index (χ2n) is 4.02. The van der Waals surface area contributed by atoms with E-state index in [0.717, 1.165) is 23.8 Å². The van der Waals surface area contributed by atoms with Gasteiger partial charge in [-0.15, -0.1) is 0 Å². The largest absolute Gasteiger partial charge is 0.396 e. The van der Waals surface area contributed by atoms with E-state index in [1.54, 1.807) is 0 Å². The number of aromatic nitrogens is 2. The Balaban J connectivity index is 1.79. The summed E-state index contributed by atoms with van der Waals surface area (Å²) in [5.41, 5.74) is 7.46. The molecule has 1 aliphatic carbocycles. The lowest BCUT2D eigenvalue weighted by Crippen LogP contribution is -1.98. The van der Waals surface area contributed by atoms with Gasteiger partial charge in [-0.05, 0) is 25.7 Å². The van der Waals surface area contributed by atoms with Crippen molar-refractivity contribution in [1.82, 2.24) is 9.78 Å². The molecule has 0 radical (unpaired) electrons. The zero-order chi connectivity index (χ0) is 9.26. The average molecular weight is 179 g/mol. The van der Waals surface area contributed by atoms with Crippen LogP contribution in [-0.2, 0) is 6.54 Å². The molecule has 72 valence electrons.